The van der Waals surface area contributed by atoms with Gasteiger partial charge in [0, 0.05) is 17.3 Å². The lowest BCUT2D eigenvalue weighted by atomic mass is 9.99. The monoisotopic (exact) mass is 534 g/mol. The van der Waals surface area contributed by atoms with E-state index in [4.69, 9.17) is 20.8 Å². The Bertz CT molecular complexity index is 1800. The summed E-state index contributed by atoms with van der Waals surface area (Å²) >= 11 is 6.12. The van der Waals surface area contributed by atoms with Gasteiger partial charge in [0.05, 0.1) is 48.1 Å². The number of nitrogens with one attached hydrogen (secondary N) is 2. The highest BCUT2D eigenvalue weighted by atomic mass is 35.5. The summed E-state index contributed by atoms with van der Waals surface area (Å²) in [6.07, 6.45) is 3.58. The molecule has 1 atom stereocenters. The first-order valence-corrected chi connectivity index (χ1v) is 12.4. The van der Waals surface area contributed by atoms with Crippen LogP contribution in [0.15, 0.2) is 55.2 Å². The second-order valence-electron chi connectivity index (χ2n) is 9.36. The molecular weight excluding hydrogens is 512 g/mol. The number of halogens is 1. The Kier molecular flexibility index (Phi) is 5.88. The number of hydrogen-bond acceptors (Lipinski definition) is 9. The number of nitrogens with zero attached hydrogens (tertiary/aromatic N) is 4. The molecule has 1 aromatic carbocycles. The molecule has 1 saturated heterocycles. The van der Waals surface area contributed by atoms with Crippen molar-refractivity contribution in [2.45, 2.75) is 32.9 Å². The number of hydrogen-bond donors (Lipinski definition) is 2. The van der Waals surface area contributed by atoms with Gasteiger partial charge in [-0.1, -0.05) is 22.8 Å². The van der Waals surface area contributed by atoms with Crippen LogP contribution in [0.5, 0.6) is 0 Å². The van der Waals surface area contributed by atoms with Crippen LogP contribution in [0.4, 0.5) is 5.69 Å². The maximum Gasteiger partial charge on any atom is 0.439 e. The van der Waals surface area contributed by atoms with E-state index in [9.17, 15) is 9.59 Å². The molecule has 1 fully saturated rings. The van der Waals surface area contributed by atoms with Crippen molar-refractivity contribution in [2.75, 3.05) is 18.5 Å². The molecule has 6 rings (SSSR count). The summed E-state index contributed by atoms with van der Waals surface area (Å²) in [5.74, 6) is -0.0942. The van der Waals surface area contributed by atoms with Crippen LogP contribution in [-0.2, 0) is 4.74 Å². The number of benzene rings is 1. The van der Waals surface area contributed by atoms with Gasteiger partial charge in [0.15, 0.2) is 5.43 Å². The van der Waals surface area contributed by atoms with Crippen LogP contribution < -0.4 is 16.5 Å². The van der Waals surface area contributed by atoms with Crippen LogP contribution in [0.2, 0.25) is 5.15 Å². The number of aromatic amines is 1. The molecule has 0 bridgehead atoms. The lowest BCUT2D eigenvalue weighted by Gasteiger charge is -2.25. The summed E-state index contributed by atoms with van der Waals surface area (Å²) in [6, 6.07) is 7.00. The summed E-state index contributed by atoms with van der Waals surface area (Å²) in [4.78, 5) is 31.8. The predicted octanol–water partition coefficient (Wildman–Crippen LogP) is 4.41. The van der Waals surface area contributed by atoms with Gasteiger partial charge in [-0.25, -0.2) is 9.78 Å². The highest BCUT2D eigenvalue weighted by Gasteiger charge is 2.24. The Morgan fingerprint density at radius 2 is 2.03 bits per heavy atom. The third-order valence-electron chi connectivity index (χ3n) is 6.61. The lowest BCUT2D eigenvalue weighted by molar-refractivity contribution is -0.0286. The Morgan fingerprint density at radius 1 is 1.21 bits per heavy atom. The SMILES string of the molecule is Cc1cc([C@@H](C)Nc2ccc(Cl)nc2-c2noc(=O)[nH]2)c2oc(-c3cnn(C4COC4)c3)c(C)c(=O)c2c1. The fourth-order valence-electron chi connectivity index (χ4n) is 4.57. The first-order chi connectivity index (χ1) is 18.3. The maximum absolute atomic E-state index is 13.5. The van der Waals surface area contributed by atoms with Crippen molar-refractivity contribution in [3.05, 3.63) is 79.3 Å². The molecule has 4 aromatic heterocycles. The average Bonchev–Trinajstić information content (AvgIpc) is 3.50. The summed E-state index contributed by atoms with van der Waals surface area (Å²) in [6.45, 7) is 6.85. The van der Waals surface area contributed by atoms with Crippen molar-refractivity contribution in [2.24, 2.45) is 0 Å². The Hall–Kier alpha value is -4.22. The van der Waals surface area contributed by atoms with Gasteiger partial charge in [-0.2, -0.15) is 5.10 Å². The molecule has 194 valence electrons. The van der Waals surface area contributed by atoms with E-state index in [0.29, 0.717) is 46.9 Å². The van der Waals surface area contributed by atoms with Crippen molar-refractivity contribution in [3.8, 4) is 22.8 Å². The molecule has 0 spiro atoms. The van der Waals surface area contributed by atoms with Gasteiger partial charge in [-0.05, 0) is 44.5 Å². The zero-order chi connectivity index (χ0) is 26.6. The van der Waals surface area contributed by atoms with Crippen LogP contribution in [0, 0.1) is 13.8 Å². The molecule has 0 saturated carbocycles. The molecule has 0 amide bonds. The lowest BCUT2D eigenvalue weighted by Crippen LogP contribution is -2.30. The molecule has 1 aliphatic heterocycles. The molecule has 2 N–H and O–H groups in total. The van der Waals surface area contributed by atoms with Crippen LogP contribution in [0.1, 0.15) is 35.7 Å². The Balaban J connectivity index is 1.44. The molecule has 0 unspecified atom stereocenters. The highest BCUT2D eigenvalue weighted by molar-refractivity contribution is 6.29. The van der Waals surface area contributed by atoms with E-state index in [1.165, 1.54) is 0 Å². The number of aryl methyl sites for hydroxylation is 1. The molecule has 12 heteroatoms. The van der Waals surface area contributed by atoms with Crippen LogP contribution in [0.25, 0.3) is 33.8 Å². The second-order valence-corrected chi connectivity index (χ2v) is 9.74. The molecule has 5 aromatic rings. The van der Waals surface area contributed by atoms with Gasteiger partial charge in [0.2, 0.25) is 5.82 Å². The smallest absolute Gasteiger partial charge is 0.439 e. The minimum Gasteiger partial charge on any atom is -0.455 e. The first-order valence-electron chi connectivity index (χ1n) is 12.0. The predicted molar refractivity (Wildman–Crippen MR) is 140 cm³/mol. The fourth-order valence-corrected chi connectivity index (χ4v) is 4.72. The number of pyridine rings is 1. The highest BCUT2D eigenvalue weighted by Crippen LogP contribution is 2.34. The third-order valence-corrected chi connectivity index (χ3v) is 6.83. The maximum atomic E-state index is 13.5. The van der Waals surface area contributed by atoms with Crippen molar-refractivity contribution in [1.82, 2.24) is 24.9 Å². The van der Waals surface area contributed by atoms with Gasteiger partial charge in [-0.15, -0.1) is 0 Å². The van der Waals surface area contributed by atoms with Crippen molar-refractivity contribution >= 4 is 28.3 Å². The molecule has 0 radical (unpaired) electrons. The van der Waals surface area contributed by atoms with Crippen LogP contribution >= 0.6 is 11.6 Å². The van der Waals surface area contributed by atoms with E-state index in [1.807, 2.05) is 36.9 Å². The van der Waals surface area contributed by atoms with Crippen molar-refractivity contribution < 1.29 is 13.7 Å². The van der Waals surface area contributed by atoms with Gasteiger partial charge in [0.25, 0.3) is 0 Å². The molecule has 1 aliphatic rings. The van der Waals surface area contributed by atoms with Crippen LogP contribution in [-0.4, -0.2) is 38.1 Å². The second kappa shape index (κ2) is 9.26. The number of rotatable bonds is 6. The molecule has 5 heterocycles. The average molecular weight is 535 g/mol. The Labute approximate surface area is 220 Å². The largest absolute Gasteiger partial charge is 0.455 e. The van der Waals surface area contributed by atoms with E-state index in [-0.39, 0.29) is 28.5 Å². The summed E-state index contributed by atoms with van der Waals surface area (Å²) in [5.41, 5.74) is 4.16. The van der Waals surface area contributed by atoms with Gasteiger partial charge in [0.1, 0.15) is 22.2 Å². The molecular formula is C26H23ClN6O5. The summed E-state index contributed by atoms with van der Waals surface area (Å²) in [7, 11) is 0. The van der Waals surface area contributed by atoms with Gasteiger partial charge in [-0.3, -0.25) is 19.0 Å². The molecule has 38 heavy (non-hydrogen) atoms. The topological polar surface area (TPSA) is 141 Å². The quantitative estimate of drug-likeness (QED) is 0.303. The first kappa shape index (κ1) is 24.1. The zero-order valence-electron chi connectivity index (χ0n) is 20.7. The van der Waals surface area contributed by atoms with E-state index in [0.717, 1.165) is 16.7 Å². The number of anilines is 1. The van der Waals surface area contributed by atoms with Gasteiger partial charge < -0.3 is 14.5 Å². The third kappa shape index (κ3) is 4.19. The van der Waals surface area contributed by atoms with E-state index >= 15 is 0 Å². The fraction of sp³-hybridized carbons (Fsp3) is 0.269. The molecule has 11 nitrogen and oxygen atoms in total. The summed E-state index contributed by atoms with van der Waals surface area (Å²) in [5, 5.41) is 12.3. The Morgan fingerprint density at radius 3 is 2.74 bits per heavy atom. The minimum absolute atomic E-state index is 0.104. The van der Waals surface area contributed by atoms with Crippen LogP contribution in [0.3, 0.4) is 0 Å². The zero-order valence-corrected chi connectivity index (χ0v) is 21.5. The van der Waals surface area contributed by atoms with E-state index in [2.05, 4.69) is 30.1 Å². The standard InChI is InChI=1S/C26H23ClN6O5/c1-12-6-17(14(3)29-19-4-5-20(27)30-21(19)25-31-26(35)38-32-25)24-18(7-12)22(34)13(2)23(37-24)15-8-28-33(9-15)16-10-36-11-16/h4-9,14,16,29H,10-11H2,1-3H3,(H,31,32,35)/t14-/m1/s1. The minimum atomic E-state index is -0.705. The number of aromatic nitrogens is 5. The van der Waals surface area contributed by atoms with Crippen molar-refractivity contribution in [3.63, 3.8) is 0 Å². The number of ether oxygens (including phenoxy) is 1. The van der Waals surface area contributed by atoms with Crippen molar-refractivity contribution in [1.29, 1.82) is 0 Å². The normalized spacial score (nSPS) is 14.5. The van der Waals surface area contributed by atoms with E-state index in [1.54, 1.807) is 25.3 Å². The van der Waals surface area contributed by atoms with E-state index < -0.39 is 5.76 Å². The number of H-pyrrole nitrogens is 1. The summed E-state index contributed by atoms with van der Waals surface area (Å²) < 4.78 is 18.2. The number of fused-ring (bicyclic) bond motifs is 1. The molecule has 0 aliphatic carbocycles. The van der Waals surface area contributed by atoms with Gasteiger partial charge >= 0.3 is 5.76 Å².